The van der Waals surface area contributed by atoms with Gasteiger partial charge in [0.15, 0.2) is 5.78 Å². The molecule has 1 heterocycles. The molecule has 1 amide bonds. The molecule has 6 rings (SSSR count). The van der Waals surface area contributed by atoms with E-state index in [2.05, 4.69) is 59.9 Å². The summed E-state index contributed by atoms with van der Waals surface area (Å²) in [4.78, 5) is 27.0. The van der Waals surface area contributed by atoms with Crippen molar-refractivity contribution in [1.82, 2.24) is 5.32 Å². The van der Waals surface area contributed by atoms with E-state index in [4.69, 9.17) is 4.74 Å². The lowest BCUT2D eigenvalue weighted by Gasteiger charge is -2.70. The number of rotatable bonds is 3. The van der Waals surface area contributed by atoms with Gasteiger partial charge in [-0.25, -0.2) is 0 Å². The number of nitrogens with one attached hydrogen (secondary N) is 1. The van der Waals surface area contributed by atoms with Crippen LogP contribution < -0.4 is 5.32 Å². The van der Waals surface area contributed by atoms with Crippen molar-refractivity contribution in [2.45, 2.75) is 124 Å². The van der Waals surface area contributed by atoms with Crippen LogP contribution in [0.15, 0.2) is 11.6 Å². The highest BCUT2D eigenvalue weighted by Gasteiger charge is 2.82. The lowest BCUT2D eigenvalue weighted by atomic mass is 9.33. The number of ketones is 1. The van der Waals surface area contributed by atoms with Gasteiger partial charge < -0.3 is 15.2 Å². The van der Waals surface area contributed by atoms with E-state index < -0.39 is 22.5 Å². The molecule has 4 saturated carbocycles. The molecule has 6 nitrogen and oxygen atoms in total. The molecule has 6 heteroatoms. The number of nitriles is 1. The SMILES string of the molecule is CNC(=O)CC[C@]12CCC(C)(C)CC1C1C(=O)C=C3[C@@]4(C)[C@H]5O[C@@]5(C#N)C(O)C(C)(C)[C@@H]4CC[C@@]3(C)[C@]1(C)CC2. The van der Waals surface area contributed by atoms with Crippen LogP contribution in [-0.2, 0) is 14.3 Å². The first-order chi connectivity index (χ1) is 18.5. The maximum atomic E-state index is 14.6. The fraction of sp³-hybridized carbons (Fsp3) is 0.853. The number of nitrogens with zero attached hydrogens (tertiary/aromatic N) is 1. The summed E-state index contributed by atoms with van der Waals surface area (Å²) >= 11 is 0. The van der Waals surface area contributed by atoms with Crippen LogP contribution in [0, 0.1) is 61.6 Å². The third kappa shape index (κ3) is 3.23. The molecule has 220 valence electrons. The first-order valence-electron chi connectivity index (χ1n) is 15.7. The second-order valence-electron chi connectivity index (χ2n) is 16.7. The molecule has 1 saturated heterocycles. The highest BCUT2D eigenvalue weighted by atomic mass is 16.6. The summed E-state index contributed by atoms with van der Waals surface area (Å²) in [6.07, 6.45) is 9.35. The van der Waals surface area contributed by atoms with Crippen LogP contribution >= 0.6 is 0 Å². The van der Waals surface area contributed by atoms with Crippen LogP contribution in [0.4, 0.5) is 0 Å². The Labute approximate surface area is 240 Å². The highest BCUT2D eigenvalue weighted by Crippen LogP contribution is 2.78. The Hall–Kier alpha value is -1.71. The largest absolute Gasteiger partial charge is 0.388 e. The van der Waals surface area contributed by atoms with Crippen molar-refractivity contribution in [1.29, 1.82) is 5.26 Å². The second-order valence-corrected chi connectivity index (χ2v) is 16.7. The van der Waals surface area contributed by atoms with Gasteiger partial charge in [-0.2, -0.15) is 5.26 Å². The van der Waals surface area contributed by atoms with E-state index in [0.29, 0.717) is 6.42 Å². The van der Waals surface area contributed by atoms with E-state index in [1.165, 1.54) is 5.57 Å². The molecule has 6 aliphatic rings. The van der Waals surface area contributed by atoms with Gasteiger partial charge in [0.2, 0.25) is 11.5 Å². The maximum absolute atomic E-state index is 14.6. The first-order valence-corrected chi connectivity index (χ1v) is 15.7. The Morgan fingerprint density at radius 2 is 1.77 bits per heavy atom. The number of hydrogen-bond acceptors (Lipinski definition) is 5. The third-order valence-corrected chi connectivity index (χ3v) is 14.3. The van der Waals surface area contributed by atoms with Crippen molar-refractivity contribution in [3.63, 3.8) is 0 Å². The topological polar surface area (TPSA) is 103 Å². The molecule has 2 N–H and O–H groups in total. The molecule has 5 fully saturated rings. The zero-order valence-corrected chi connectivity index (χ0v) is 25.9. The van der Waals surface area contributed by atoms with E-state index in [0.717, 1.165) is 51.4 Å². The number of ether oxygens (including phenoxy) is 1. The average molecular weight is 551 g/mol. The van der Waals surface area contributed by atoms with Crippen LogP contribution in [0.2, 0.25) is 0 Å². The summed E-state index contributed by atoms with van der Waals surface area (Å²) in [5.41, 5.74) is -1.20. The standard InChI is InChI=1S/C34H50N2O4/c1-28(2)13-15-33(12-10-24(38)36-8)16-14-31(6)25(20(33)18-28)21(37)17-23-30(31,5)11-9-22-29(3,4)26(39)34(19-35)27(40-34)32(22,23)7/h17,20,22,25-27,39H,9-16,18H2,1-8H3,(H,36,38)/t20?,22-,25?,26?,27+,30+,31+,32-,33+,34-/m0/s1. The van der Waals surface area contributed by atoms with Crippen LogP contribution in [0.3, 0.4) is 0 Å². The molecular weight excluding hydrogens is 500 g/mol. The predicted molar refractivity (Wildman–Crippen MR) is 153 cm³/mol. The van der Waals surface area contributed by atoms with Crippen molar-refractivity contribution in [2.75, 3.05) is 7.05 Å². The summed E-state index contributed by atoms with van der Waals surface area (Å²) < 4.78 is 6.23. The van der Waals surface area contributed by atoms with Gasteiger partial charge in [0.1, 0.15) is 18.3 Å². The Morgan fingerprint density at radius 3 is 2.42 bits per heavy atom. The Kier molecular flexibility index (Phi) is 5.84. The minimum absolute atomic E-state index is 0.0250. The second kappa shape index (κ2) is 8.22. The average Bonchev–Trinajstić information content (AvgIpc) is 3.65. The fourth-order valence-corrected chi connectivity index (χ4v) is 11.7. The minimum atomic E-state index is -1.19. The van der Waals surface area contributed by atoms with Crippen molar-refractivity contribution >= 4 is 11.7 Å². The van der Waals surface area contributed by atoms with Gasteiger partial charge in [0, 0.05) is 24.8 Å². The van der Waals surface area contributed by atoms with E-state index in [-0.39, 0.29) is 57.2 Å². The number of epoxide rings is 1. The van der Waals surface area contributed by atoms with E-state index in [1.807, 2.05) is 6.08 Å². The molecule has 0 aromatic heterocycles. The highest BCUT2D eigenvalue weighted by molar-refractivity contribution is 5.95. The third-order valence-electron chi connectivity index (χ3n) is 14.3. The summed E-state index contributed by atoms with van der Waals surface area (Å²) in [6, 6.07) is 2.37. The predicted octanol–water partition coefficient (Wildman–Crippen LogP) is 5.74. The molecule has 10 atom stereocenters. The number of aliphatic hydroxyl groups is 1. The van der Waals surface area contributed by atoms with Crippen LogP contribution in [-0.4, -0.2) is 41.7 Å². The number of fused-ring (bicyclic) bond motifs is 9. The lowest BCUT2D eigenvalue weighted by Crippen LogP contribution is -2.68. The van der Waals surface area contributed by atoms with Crippen molar-refractivity contribution in [3.05, 3.63) is 11.6 Å². The zero-order chi connectivity index (χ0) is 29.3. The Bertz CT molecular complexity index is 1230. The van der Waals surface area contributed by atoms with Crippen molar-refractivity contribution < 1.29 is 19.4 Å². The van der Waals surface area contributed by atoms with Gasteiger partial charge in [-0.05, 0) is 96.4 Å². The van der Waals surface area contributed by atoms with Gasteiger partial charge in [0.05, 0.1) is 0 Å². The minimum Gasteiger partial charge on any atom is -0.388 e. The molecule has 0 aromatic rings. The monoisotopic (exact) mass is 550 g/mol. The number of allylic oxidation sites excluding steroid dienone is 1. The van der Waals surface area contributed by atoms with E-state index in [9.17, 15) is 20.0 Å². The Balaban J connectivity index is 1.47. The van der Waals surface area contributed by atoms with E-state index in [1.54, 1.807) is 7.05 Å². The molecule has 0 radical (unpaired) electrons. The zero-order valence-electron chi connectivity index (χ0n) is 25.9. The number of aliphatic hydroxyl groups excluding tert-OH is 1. The molecule has 0 spiro atoms. The summed E-state index contributed by atoms with van der Waals surface area (Å²) in [5, 5.41) is 24.4. The maximum Gasteiger partial charge on any atom is 0.219 e. The van der Waals surface area contributed by atoms with Crippen LogP contribution in [0.1, 0.15) is 106 Å². The quantitative estimate of drug-likeness (QED) is 0.437. The van der Waals surface area contributed by atoms with E-state index >= 15 is 0 Å². The van der Waals surface area contributed by atoms with Crippen molar-refractivity contribution in [2.24, 2.45) is 50.2 Å². The summed E-state index contributed by atoms with van der Waals surface area (Å²) in [6.45, 7) is 15.9. The van der Waals surface area contributed by atoms with Gasteiger partial charge in [-0.15, -0.1) is 0 Å². The smallest absolute Gasteiger partial charge is 0.219 e. The fourth-order valence-electron chi connectivity index (χ4n) is 11.7. The molecule has 0 aromatic carbocycles. The van der Waals surface area contributed by atoms with Gasteiger partial charge in [0.25, 0.3) is 0 Å². The molecule has 40 heavy (non-hydrogen) atoms. The molecular formula is C34H50N2O4. The summed E-state index contributed by atoms with van der Waals surface area (Å²) in [5.74, 6) is 0.653. The van der Waals surface area contributed by atoms with Crippen LogP contribution in [0.5, 0.6) is 0 Å². The van der Waals surface area contributed by atoms with Crippen molar-refractivity contribution in [3.8, 4) is 6.07 Å². The number of carbonyl (C=O) groups is 2. The van der Waals surface area contributed by atoms with Gasteiger partial charge in [-0.3, -0.25) is 9.59 Å². The molecule has 1 aliphatic heterocycles. The normalized spacial score (nSPS) is 51.5. The Morgan fingerprint density at radius 1 is 1.10 bits per heavy atom. The summed E-state index contributed by atoms with van der Waals surface area (Å²) in [7, 11) is 1.71. The number of hydrogen-bond donors (Lipinski definition) is 2. The lowest BCUT2D eigenvalue weighted by molar-refractivity contribution is -0.180. The number of carbonyl (C=O) groups excluding carboxylic acids is 2. The molecule has 3 unspecified atom stereocenters. The van der Waals surface area contributed by atoms with Crippen LogP contribution in [0.25, 0.3) is 0 Å². The first kappa shape index (κ1) is 28.4. The number of amides is 1. The van der Waals surface area contributed by atoms with Gasteiger partial charge >= 0.3 is 0 Å². The molecule has 0 bridgehead atoms. The molecule has 5 aliphatic carbocycles. The van der Waals surface area contributed by atoms with Gasteiger partial charge in [-0.1, -0.05) is 54.0 Å².